The first-order valence-corrected chi connectivity index (χ1v) is 6.20. The molecule has 1 aromatic carbocycles. The quantitative estimate of drug-likeness (QED) is 0.667. The first kappa shape index (κ1) is 14.2. The Morgan fingerprint density at radius 1 is 1.24 bits per heavy atom. The SMILES string of the molecule is CCOCC(CNCCOC)c1ccccc1. The molecule has 0 saturated carbocycles. The second-order valence-corrected chi connectivity index (χ2v) is 3.96. The van der Waals surface area contributed by atoms with E-state index in [-0.39, 0.29) is 0 Å². The highest BCUT2D eigenvalue weighted by molar-refractivity contribution is 5.19. The minimum atomic E-state index is 0.410. The van der Waals surface area contributed by atoms with Crippen LogP contribution in [-0.4, -0.2) is 40.0 Å². The van der Waals surface area contributed by atoms with Gasteiger partial charge < -0.3 is 14.8 Å². The maximum Gasteiger partial charge on any atom is 0.0587 e. The van der Waals surface area contributed by atoms with E-state index in [1.165, 1.54) is 5.56 Å². The monoisotopic (exact) mass is 237 g/mol. The molecule has 0 heterocycles. The first-order valence-electron chi connectivity index (χ1n) is 6.20. The Kier molecular flexibility index (Phi) is 7.63. The van der Waals surface area contributed by atoms with Crippen LogP contribution in [0.3, 0.4) is 0 Å². The van der Waals surface area contributed by atoms with Crippen molar-refractivity contribution in [1.82, 2.24) is 5.32 Å². The summed E-state index contributed by atoms with van der Waals surface area (Å²) in [7, 11) is 1.72. The topological polar surface area (TPSA) is 30.5 Å². The molecule has 0 bridgehead atoms. The van der Waals surface area contributed by atoms with E-state index in [1.807, 2.05) is 13.0 Å². The van der Waals surface area contributed by atoms with Crippen LogP contribution in [0.5, 0.6) is 0 Å². The van der Waals surface area contributed by atoms with E-state index in [0.29, 0.717) is 5.92 Å². The smallest absolute Gasteiger partial charge is 0.0587 e. The van der Waals surface area contributed by atoms with Gasteiger partial charge in [0, 0.05) is 32.7 Å². The van der Waals surface area contributed by atoms with Crippen molar-refractivity contribution in [3.8, 4) is 0 Å². The van der Waals surface area contributed by atoms with Gasteiger partial charge in [-0.05, 0) is 12.5 Å². The maximum atomic E-state index is 5.54. The lowest BCUT2D eigenvalue weighted by atomic mass is 10.00. The Bertz CT molecular complexity index is 277. The molecule has 0 saturated heterocycles. The molecule has 1 aromatic rings. The minimum Gasteiger partial charge on any atom is -0.383 e. The lowest BCUT2D eigenvalue weighted by Gasteiger charge is -2.18. The summed E-state index contributed by atoms with van der Waals surface area (Å²) in [5.41, 5.74) is 1.32. The van der Waals surface area contributed by atoms with Crippen LogP contribution in [-0.2, 0) is 9.47 Å². The third kappa shape index (κ3) is 5.82. The fourth-order valence-electron chi connectivity index (χ4n) is 1.71. The van der Waals surface area contributed by atoms with Crippen molar-refractivity contribution < 1.29 is 9.47 Å². The molecule has 96 valence electrons. The summed E-state index contributed by atoms with van der Waals surface area (Å²) in [4.78, 5) is 0. The number of nitrogens with one attached hydrogen (secondary N) is 1. The van der Waals surface area contributed by atoms with Gasteiger partial charge in [-0.25, -0.2) is 0 Å². The van der Waals surface area contributed by atoms with Gasteiger partial charge in [-0.15, -0.1) is 0 Å². The first-order chi connectivity index (χ1) is 8.38. The van der Waals surface area contributed by atoms with Gasteiger partial charge >= 0.3 is 0 Å². The molecule has 3 nitrogen and oxygen atoms in total. The van der Waals surface area contributed by atoms with Gasteiger partial charge in [-0.2, -0.15) is 0 Å². The number of hydrogen-bond donors (Lipinski definition) is 1. The summed E-state index contributed by atoms with van der Waals surface area (Å²) in [5.74, 6) is 0.410. The fourth-order valence-corrected chi connectivity index (χ4v) is 1.71. The maximum absolute atomic E-state index is 5.54. The van der Waals surface area contributed by atoms with Crippen molar-refractivity contribution in [2.45, 2.75) is 12.8 Å². The lowest BCUT2D eigenvalue weighted by Crippen LogP contribution is -2.27. The predicted molar refractivity (Wildman–Crippen MR) is 70.4 cm³/mol. The number of ether oxygens (including phenoxy) is 2. The Hall–Kier alpha value is -0.900. The third-order valence-electron chi connectivity index (χ3n) is 2.67. The Labute approximate surface area is 104 Å². The second-order valence-electron chi connectivity index (χ2n) is 3.96. The molecule has 3 heteroatoms. The summed E-state index contributed by atoms with van der Waals surface area (Å²) in [6.45, 7) is 6.11. The van der Waals surface area contributed by atoms with E-state index >= 15 is 0 Å². The summed E-state index contributed by atoms with van der Waals surface area (Å²) in [6.07, 6.45) is 0. The van der Waals surface area contributed by atoms with E-state index in [9.17, 15) is 0 Å². The van der Waals surface area contributed by atoms with Crippen molar-refractivity contribution in [2.75, 3.05) is 40.0 Å². The van der Waals surface area contributed by atoms with Crippen LogP contribution in [0.4, 0.5) is 0 Å². The highest BCUT2D eigenvalue weighted by Crippen LogP contribution is 2.14. The van der Waals surface area contributed by atoms with Gasteiger partial charge in [-0.3, -0.25) is 0 Å². The van der Waals surface area contributed by atoms with Crippen molar-refractivity contribution in [2.24, 2.45) is 0 Å². The van der Waals surface area contributed by atoms with Gasteiger partial charge in [0.15, 0.2) is 0 Å². The summed E-state index contributed by atoms with van der Waals surface area (Å²) >= 11 is 0. The van der Waals surface area contributed by atoms with Crippen molar-refractivity contribution in [3.63, 3.8) is 0 Å². The molecular weight excluding hydrogens is 214 g/mol. The molecular formula is C14H23NO2. The van der Waals surface area contributed by atoms with E-state index in [2.05, 4.69) is 29.6 Å². The van der Waals surface area contributed by atoms with Gasteiger partial charge in [0.1, 0.15) is 0 Å². The van der Waals surface area contributed by atoms with Gasteiger partial charge in [0.25, 0.3) is 0 Å². The standard InChI is InChI=1S/C14H23NO2/c1-3-17-12-14(11-15-9-10-16-2)13-7-5-4-6-8-13/h4-8,14-15H,3,9-12H2,1-2H3. The molecule has 1 N–H and O–H groups in total. The Balaban J connectivity index is 2.43. The fraction of sp³-hybridized carbons (Fsp3) is 0.571. The molecule has 0 fully saturated rings. The minimum absolute atomic E-state index is 0.410. The summed E-state index contributed by atoms with van der Waals surface area (Å²) in [6, 6.07) is 10.5. The van der Waals surface area contributed by atoms with Crippen molar-refractivity contribution in [1.29, 1.82) is 0 Å². The van der Waals surface area contributed by atoms with Crippen LogP contribution >= 0.6 is 0 Å². The zero-order valence-corrected chi connectivity index (χ0v) is 10.8. The van der Waals surface area contributed by atoms with Crippen LogP contribution < -0.4 is 5.32 Å². The highest BCUT2D eigenvalue weighted by atomic mass is 16.5. The molecule has 0 aliphatic rings. The molecule has 0 aliphatic carbocycles. The predicted octanol–water partition coefficient (Wildman–Crippen LogP) is 2.04. The molecule has 0 amide bonds. The number of hydrogen-bond acceptors (Lipinski definition) is 3. The lowest BCUT2D eigenvalue weighted by molar-refractivity contribution is 0.130. The van der Waals surface area contributed by atoms with Crippen molar-refractivity contribution >= 4 is 0 Å². The van der Waals surface area contributed by atoms with Gasteiger partial charge in [0.05, 0.1) is 13.2 Å². The van der Waals surface area contributed by atoms with Crippen LogP contribution in [0.1, 0.15) is 18.4 Å². The zero-order valence-electron chi connectivity index (χ0n) is 10.8. The zero-order chi connectivity index (χ0) is 12.3. The molecule has 1 atom stereocenters. The average Bonchev–Trinajstić information content (AvgIpc) is 2.39. The number of methoxy groups -OCH3 is 1. The third-order valence-corrected chi connectivity index (χ3v) is 2.67. The Morgan fingerprint density at radius 3 is 2.65 bits per heavy atom. The summed E-state index contributed by atoms with van der Waals surface area (Å²) < 4.78 is 10.6. The molecule has 0 aliphatic heterocycles. The van der Waals surface area contributed by atoms with Crippen LogP contribution in [0.2, 0.25) is 0 Å². The molecule has 0 spiro atoms. The molecule has 0 radical (unpaired) electrons. The van der Waals surface area contributed by atoms with Gasteiger partial charge in [0.2, 0.25) is 0 Å². The second kappa shape index (κ2) is 9.16. The molecule has 17 heavy (non-hydrogen) atoms. The largest absolute Gasteiger partial charge is 0.383 e. The van der Waals surface area contributed by atoms with E-state index in [4.69, 9.17) is 9.47 Å². The normalized spacial score (nSPS) is 12.6. The van der Waals surface area contributed by atoms with Crippen LogP contribution in [0.25, 0.3) is 0 Å². The van der Waals surface area contributed by atoms with Crippen molar-refractivity contribution in [3.05, 3.63) is 35.9 Å². The molecule has 1 unspecified atom stereocenters. The Morgan fingerprint density at radius 2 is 2.00 bits per heavy atom. The van der Waals surface area contributed by atoms with E-state index < -0.39 is 0 Å². The van der Waals surface area contributed by atoms with E-state index in [0.717, 1.165) is 32.9 Å². The summed E-state index contributed by atoms with van der Waals surface area (Å²) in [5, 5.41) is 3.39. The van der Waals surface area contributed by atoms with E-state index in [1.54, 1.807) is 7.11 Å². The average molecular weight is 237 g/mol. The number of benzene rings is 1. The molecule has 1 rings (SSSR count). The molecule has 0 aromatic heterocycles. The van der Waals surface area contributed by atoms with Crippen LogP contribution in [0, 0.1) is 0 Å². The van der Waals surface area contributed by atoms with Gasteiger partial charge in [-0.1, -0.05) is 30.3 Å². The van der Waals surface area contributed by atoms with Crippen LogP contribution in [0.15, 0.2) is 30.3 Å². The highest BCUT2D eigenvalue weighted by Gasteiger charge is 2.10. The number of rotatable bonds is 9.